The molecule has 1 fully saturated rings. The third-order valence-electron chi connectivity index (χ3n) is 3.10. The van der Waals surface area contributed by atoms with Gasteiger partial charge in [0.2, 0.25) is 0 Å². The summed E-state index contributed by atoms with van der Waals surface area (Å²) >= 11 is 1.79. The highest BCUT2D eigenvalue weighted by Crippen LogP contribution is 2.21. The largest absolute Gasteiger partial charge is 0.377 e. The highest BCUT2D eigenvalue weighted by molar-refractivity contribution is 7.14. The van der Waals surface area contributed by atoms with Crippen LogP contribution in [0.5, 0.6) is 0 Å². The first-order valence-corrected chi connectivity index (χ1v) is 6.83. The van der Waals surface area contributed by atoms with Gasteiger partial charge in [-0.15, -0.1) is 11.3 Å². The molecule has 3 nitrogen and oxygen atoms in total. The molecule has 0 radical (unpaired) electrons. The standard InChI is InChI=1S/C12H21N3S/c1-10-4-8-16-12(10)14-5-3-11-9-15(2)7-6-13-11/h4,8,11,13-14H,3,5-7,9H2,1-2H3. The summed E-state index contributed by atoms with van der Waals surface area (Å²) in [5.74, 6) is 0. The van der Waals surface area contributed by atoms with Gasteiger partial charge in [0, 0.05) is 32.2 Å². The molecule has 1 aromatic heterocycles. The Bertz CT molecular complexity index is 324. The molecule has 0 spiro atoms. The number of nitrogens with one attached hydrogen (secondary N) is 2. The molecule has 0 amide bonds. The minimum absolute atomic E-state index is 0.645. The molecule has 1 aromatic rings. The number of hydrogen-bond donors (Lipinski definition) is 2. The van der Waals surface area contributed by atoms with Gasteiger partial charge in [0.15, 0.2) is 0 Å². The normalized spacial score (nSPS) is 22.2. The number of rotatable bonds is 4. The third-order valence-corrected chi connectivity index (χ3v) is 4.07. The van der Waals surface area contributed by atoms with Crippen LogP contribution in [0.1, 0.15) is 12.0 Å². The maximum atomic E-state index is 3.57. The van der Waals surface area contributed by atoms with Crippen molar-refractivity contribution in [1.82, 2.24) is 10.2 Å². The van der Waals surface area contributed by atoms with E-state index in [0.29, 0.717) is 6.04 Å². The van der Waals surface area contributed by atoms with Crippen molar-refractivity contribution in [3.8, 4) is 0 Å². The van der Waals surface area contributed by atoms with E-state index in [4.69, 9.17) is 0 Å². The maximum Gasteiger partial charge on any atom is 0.0912 e. The molecule has 90 valence electrons. The van der Waals surface area contributed by atoms with Crippen molar-refractivity contribution in [1.29, 1.82) is 0 Å². The van der Waals surface area contributed by atoms with Crippen molar-refractivity contribution in [3.63, 3.8) is 0 Å². The van der Waals surface area contributed by atoms with Crippen molar-refractivity contribution >= 4 is 16.3 Å². The minimum atomic E-state index is 0.645. The number of aryl methyl sites for hydroxylation is 1. The van der Waals surface area contributed by atoms with Gasteiger partial charge < -0.3 is 15.5 Å². The van der Waals surface area contributed by atoms with Crippen molar-refractivity contribution in [2.24, 2.45) is 0 Å². The van der Waals surface area contributed by atoms with E-state index in [0.717, 1.165) is 13.1 Å². The molecular formula is C12H21N3S. The van der Waals surface area contributed by atoms with E-state index in [9.17, 15) is 0 Å². The van der Waals surface area contributed by atoms with E-state index in [1.54, 1.807) is 11.3 Å². The summed E-state index contributed by atoms with van der Waals surface area (Å²) in [5, 5.41) is 10.5. The second kappa shape index (κ2) is 5.66. The van der Waals surface area contributed by atoms with Crippen LogP contribution in [0, 0.1) is 6.92 Å². The van der Waals surface area contributed by atoms with Crippen LogP contribution < -0.4 is 10.6 Å². The van der Waals surface area contributed by atoms with Crippen LogP contribution >= 0.6 is 11.3 Å². The van der Waals surface area contributed by atoms with Crippen LogP contribution in [0.25, 0.3) is 0 Å². The third kappa shape index (κ3) is 3.20. The summed E-state index contributed by atoms with van der Waals surface area (Å²) in [6.07, 6.45) is 1.20. The second-order valence-corrected chi connectivity index (χ2v) is 5.48. The summed E-state index contributed by atoms with van der Waals surface area (Å²) < 4.78 is 0. The van der Waals surface area contributed by atoms with Crippen molar-refractivity contribution < 1.29 is 0 Å². The molecule has 0 aromatic carbocycles. The predicted molar refractivity (Wildman–Crippen MR) is 71.5 cm³/mol. The number of hydrogen-bond acceptors (Lipinski definition) is 4. The highest BCUT2D eigenvalue weighted by Gasteiger charge is 2.15. The molecule has 0 bridgehead atoms. The van der Waals surface area contributed by atoms with Gasteiger partial charge in [0.25, 0.3) is 0 Å². The molecule has 2 N–H and O–H groups in total. The minimum Gasteiger partial charge on any atom is -0.377 e. The van der Waals surface area contributed by atoms with Crippen molar-refractivity contribution in [3.05, 3.63) is 17.0 Å². The van der Waals surface area contributed by atoms with Gasteiger partial charge in [-0.1, -0.05) is 0 Å². The topological polar surface area (TPSA) is 27.3 Å². The quantitative estimate of drug-likeness (QED) is 0.838. The molecule has 1 aliphatic heterocycles. The van der Waals surface area contributed by atoms with Crippen LogP contribution in [-0.2, 0) is 0 Å². The Morgan fingerprint density at radius 3 is 3.19 bits per heavy atom. The van der Waals surface area contributed by atoms with Gasteiger partial charge >= 0.3 is 0 Å². The van der Waals surface area contributed by atoms with E-state index in [-0.39, 0.29) is 0 Å². The zero-order valence-corrected chi connectivity index (χ0v) is 10.9. The predicted octanol–water partition coefficient (Wildman–Crippen LogP) is 1.76. The Kier molecular flexibility index (Phi) is 4.21. The first kappa shape index (κ1) is 11.9. The SMILES string of the molecule is Cc1ccsc1NCCC1CN(C)CCN1. The maximum absolute atomic E-state index is 3.57. The number of nitrogens with zero attached hydrogens (tertiary/aromatic N) is 1. The summed E-state index contributed by atoms with van der Waals surface area (Å²) in [6, 6.07) is 2.81. The Morgan fingerprint density at radius 2 is 2.50 bits per heavy atom. The molecule has 1 aliphatic rings. The Hall–Kier alpha value is -0.580. The summed E-state index contributed by atoms with van der Waals surface area (Å²) in [5.41, 5.74) is 1.36. The molecule has 16 heavy (non-hydrogen) atoms. The van der Waals surface area contributed by atoms with Gasteiger partial charge in [-0.25, -0.2) is 0 Å². The molecule has 1 atom stereocenters. The van der Waals surface area contributed by atoms with Crippen LogP contribution in [0.15, 0.2) is 11.4 Å². The highest BCUT2D eigenvalue weighted by atomic mass is 32.1. The second-order valence-electron chi connectivity index (χ2n) is 4.56. The number of thiophene rings is 1. The lowest BCUT2D eigenvalue weighted by atomic mass is 10.1. The zero-order chi connectivity index (χ0) is 11.4. The molecule has 2 rings (SSSR count). The van der Waals surface area contributed by atoms with Gasteiger partial charge in [0.05, 0.1) is 5.00 Å². The van der Waals surface area contributed by atoms with E-state index in [2.05, 4.69) is 41.0 Å². The van der Waals surface area contributed by atoms with E-state index in [1.807, 2.05) is 0 Å². The fourth-order valence-electron chi connectivity index (χ4n) is 2.10. The number of likely N-dealkylation sites (N-methyl/N-ethyl adjacent to an activating group) is 1. The summed E-state index contributed by atoms with van der Waals surface area (Å²) in [7, 11) is 2.20. The first-order chi connectivity index (χ1) is 7.75. The summed E-state index contributed by atoms with van der Waals surface area (Å²) in [6.45, 7) is 6.69. The zero-order valence-electron chi connectivity index (χ0n) is 10.1. The molecule has 0 saturated carbocycles. The molecule has 1 unspecified atom stereocenters. The molecular weight excluding hydrogens is 218 g/mol. The van der Waals surface area contributed by atoms with E-state index >= 15 is 0 Å². The number of anilines is 1. The molecule has 2 heterocycles. The smallest absolute Gasteiger partial charge is 0.0912 e. The van der Waals surface area contributed by atoms with Gasteiger partial charge in [0.1, 0.15) is 0 Å². The van der Waals surface area contributed by atoms with Crippen LogP contribution in [-0.4, -0.2) is 44.2 Å². The lowest BCUT2D eigenvalue weighted by molar-refractivity contribution is 0.234. The fraction of sp³-hybridized carbons (Fsp3) is 0.667. The number of piperazine rings is 1. The van der Waals surface area contributed by atoms with Gasteiger partial charge in [-0.05, 0) is 37.4 Å². The Balaban J connectivity index is 1.70. The average Bonchev–Trinajstić information content (AvgIpc) is 2.65. The van der Waals surface area contributed by atoms with E-state index in [1.165, 1.54) is 30.1 Å². The average molecular weight is 239 g/mol. The Morgan fingerprint density at radius 1 is 1.62 bits per heavy atom. The van der Waals surface area contributed by atoms with Crippen LogP contribution in [0.2, 0.25) is 0 Å². The van der Waals surface area contributed by atoms with Gasteiger partial charge in [-0.2, -0.15) is 0 Å². The van der Waals surface area contributed by atoms with Crippen LogP contribution in [0.4, 0.5) is 5.00 Å². The molecule has 4 heteroatoms. The van der Waals surface area contributed by atoms with Crippen molar-refractivity contribution in [2.75, 3.05) is 38.5 Å². The van der Waals surface area contributed by atoms with Crippen molar-refractivity contribution in [2.45, 2.75) is 19.4 Å². The fourth-order valence-corrected chi connectivity index (χ4v) is 2.95. The summed E-state index contributed by atoms with van der Waals surface area (Å²) in [4.78, 5) is 2.40. The van der Waals surface area contributed by atoms with E-state index < -0.39 is 0 Å². The molecule has 0 aliphatic carbocycles. The lowest BCUT2D eigenvalue weighted by Crippen LogP contribution is -2.49. The first-order valence-electron chi connectivity index (χ1n) is 5.95. The monoisotopic (exact) mass is 239 g/mol. The lowest BCUT2D eigenvalue weighted by Gasteiger charge is -2.31. The van der Waals surface area contributed by atoms with Crippen LogP contribution in [0.3, 0.4) is 0 Å². The molecule has 1 saturated heterocycles. The Labute approximate surface area is 102 Å². The van der Waals surface area contributed by atoms with Gasteiger partial charge in [-0.3, -0.25) is 0 Å².